The van der Waals surface area contributed by atoms with Crippen LogP contribution in [-0.2, 0) is 11.2 Å². The van der Waals surface area contributed by atoms with Crippen molar-refractivity contribution >= 4 is 17.6 Å². The van der Waals surface area contributed by atoms with Gasteiger partial charge in [0.15, 0.2) is 17.3 Å². The maximum Gasteiger partial charge on any atom is 0.283 e. The van der Waals surface area contributed by atoms with E-state index in [1.54, 1.807) is 24.3 Å². The van der Waals surface area contributed by atoms with Crippen molar-refractivity contribution in [1.82, 2.24) is 15.8 Å². The summed E-state index contributed by atoms with van der Waals surface area (Å²) in [6.45, 7) is 3.86. The van der Waals surface area contributed by atoms with E-state index in [-0.39, 0.29) is 23.4 Å². The highest BCUT2D eigenvalue weighted by Gasteiger charge is 2.33. The second-order valence-corrected chi connectivity index (χ2v) is 8.15. The van der Waals surface area contributed by atoms with Crippen LogP contribution in [0.3, 0.4) is 0 Å². The van der Waals surface area contributed by atoms with Gasteiger partial charge in [-0.05, 0) is 30.0 Å². The molecular formula is C21H21N3O6. The molecule has 9 heteroatoms. The SMILES string of the molecule is CC1(C)CC(=O)c2cc(C(=O)NNC(=O)C3COc4ccccc4O3)c(=O)[nH]c2C1. The fourth-order valence-corrected chi connectivity index (χ4v) is 3.61. The molecule has 1 aromatic carbocycles. The van der Waals surface area contributed by atoms with Gasteiger partial charge in [0.1, 0.15) is 12.2 Å². The second kappa shape index (κ2) is 7.33. The van der Waals surface area contributed by atoms with E-state index in [1.165, 1.54) is 6.07 Å². The highest BCUT2D eigenvalue weighted by Crippen LogP contribution is 2.33. The van der Waals surface area contributed by atoms with E-state index in [2.05, 4.69) is 15.8 Å². The van der Waals surface area contributed by atoms with Crippen molar-refractivity contribution in [3.63, 3.8) is 0 Å². The van der Waals surface area contributed by atoms with E-state index in [9.17, 15) is 19.2 Å². The van der Waals surface area contributed by atoms with Crippen LogP contribution in [0, 0.1) is 5.41 Å². The van der Waals surface area contributed by atoms with Crippen LogP contribution in [0.25, 0.3) is 0 Å². The Kier molecular flexibility index (Phi) is 4.81. The molecule has 1 unspecified atom stereocenters. The molecule has 0 saturated carbocycles. The molecule has 1 atom stereocenters. The van der Waals surface area contributed by atoms with Crippen molar-refractivity contribution in [2.75, 3.05) is 6.61 Å². The summed E-state index contributed by atoms with van der Waals surface area (Å²) in [5.41, 5.74) is 4.13. The van der Waals surface area contributed by atoms with Gasteiger partial charge in [-0.15, -0.1) is 0 Å². The Labute approximate surface area is 171 Å². The first-order chi connectivity index (χ1) is 14.2. The van der Waals surface area contributed by atoms with E-state index in [1.807, 2.05) is 13.8 Å². The predicted molar refractivity (Wildman–Crippen MR) is 105 cm³/mol. The van der Waals surface area contributed by atoms with Crippen LogP contribution in [0.2, 0.25) is 0 Å². The highest BCUT2D eigenvalue weighted by atomic mass is 16.6. The lowest BCUT2D eigenvalue weighted by Gasteiger charge is -2.29. The zero-order chi connectivity index (χ0) is 21.5. The summed E-state index contributed by atoms with van der Waals surface area (Å²) in [5.74, 6) is -0.656. The first kappa shape index (κ1) is 19.7. The van der Waals surface area contributed by atoms with Gasteiger partial charge < -0.3 is 14.5 Å². The van der Waals surface area contributed by atoms with Crippen LogP contribution in [0.5, 0.6) is 11.5 Å². The number of hydrogen-bond acceptors (Lipinski definition) is 6. The fraction of sp³-hybridized carbons (Fsp3) is 0.333. The maximum absolute atomic E-state index is 12.4. The largest absolute Gasteiger partial charge is 0.485 e. The van der Waals surface area contributed by atoms with Gasteiger partial charge in [0.2, 0.25) is 6.10 Å². The quantitative estimate of drug-likeness (QED) is 0.636. The number of ketones is 1. The Hall–Kier alpha value is -3.62. The number of aromatic amines is 1. The van der Waals surface area contributed by atoms with Crippen LogP contribution >= 0.6 is 0 Å². The molecule has 2 aliphatic rings. The van der Waals surface area contributed by atoms with Gasteiger partial charge in [0.05, 0.1) is 0 Å². The Morgan fingerprint density at radius 1 is 1.10 bits per heavy atom. The molecule has 1 aliphatic heterocycles. The lowest BCUT2D eigenvalue weighted by molar-refractivity contribution is -0.131. The molecule has 0 radical (unpaired) electrons. The normalized spacial score (nSPS) is 18.9. The van der Waals surface area contributed by atoms with Crippen molar-refractivity contribution in [1.29, 1.82) is 0 Å². The van der Waals surface area contributed by atoms with Crippen molar-refractivity contribution < 1.29 is 23.9 Å². The third-order valence-electron chi connectivity index (χ3n) is 5.06. The molecule has 0 fully saturated rings. The molecule has 2 heterocycles. The molecule has 1 aromatic heterocycles. The smallest absolute Gasteiger partial charge is 0.283 e. The molecule has 30 heavy (non-hydrogen) atoms. The summed E-state index contributed by atoms with van der Waals surface area (Å²) in [5, 5.41) is 0. The van der Waals surface area contributed by atoms with Crippen molar-refractivity contribution in [2.24, 2.45) is 5.41 Å². The molecule has 4 rings (SSSR count). The van der Waals surface area contributed by atoms with Crippen LogP contribution in [0.4, 0.5) is 0 Å². The number of para-hydroxylation sites is 2. The van der Waals surface area contributed by atoms with Crippen molar-refractivity contribution in [3.8, 4) is 11.5 Å². The molecule has 0 spiro atoms. The number of Topliss-reactive ketones (excluding diaryl/α,β-unsaturated/α-hetero) is 1. The van der Waals surface area contributed by atoms with Crippen molar-refractivity contribution in [2.45, 2.75) is 32.8 Å². The lowest BCUT2D eigenvalue weighted by atomic mass is 9.75. The standard InChI is InChI=1S/C21H21N3O6/c1-21(2)8-13-11(14(25)9-21)7-12(18(26)22-13)19(27)23-24-20(28)17-10-29-15-5-3-4-6-16(15)30-17/h3-7,17H,8-10H2,1-2H3,(H,22,26)(H,23,27)(H,24,28). The fourth-order valence-electron chi connectivity index (χ4n) is 3.61. The summed E-state index contributed by atoms with van der Waals surface area (Å²) in [7, 11) is 0. The lowest BCUT2D eigenvalue weighted by Crippen LogP contribution is -2.51. The number of amides is 2. The molecule has 1 aliphatic carbocycles. The summed E-state index contributed by atoms with van der Waals surface area (Å²) in [6, 6.07) is 8.19. The van der Waals surface area contributed by atoms with Crippen LogP contribution in [0.15, 0.2) is 35.1 Å². The Morgan fingerprint density at radius 2 is 1.83 bits per heavy atom. The number of hydrogen-bond donors (Lipinski definition) is 3. The number of pyridine rings is 1. The number of H-pyrrole nitrogens is 1. The minimum Gasteiger partial charge on any atom is -0.485 e. The van der Waals surface area contributed by atoms with E-state index >= 15 is 0 Å². The van der Waals surface area contributed by atoms with Gasteiger partial charge in [-0.1, -0.05) is 26.0 Å². The summed E-state index contributed by atoms with van der Waals surface area (Å²) in [4.78, 5) is 52.1. The number of rotatable bonds is 2. The molecule has 9 nitrogen and oxygen atoms in total. The monoisotopic (exact) mass is 411 g/mol. The van der Waals surface area contributed by atoms with Crippen LogP contribution in [-0.4, -0.2) is 35.3 Å². The number of benzene rings is 1. The molecule has 0 saturated heterocycles. The highest BCUT2D eigenvalue weighted by molar-refractivity contribution is 6.02. The van der Waals surface area contributed by atoms with Gasteiger partial charge in [-0.2, -0.15) is 0 Å². The topological polar surface area (TPSA) is 127 Å². The van der Waals surface area contributed by atoms with E-state index in [0.29, 0.717) is 35.6 Å². The summed E-state index contributed by atoms with van der Waals surface area (Å²) < 4.78 is 11.0. The third kappa shape index (κ3) is 3.78. The second-order valence-electron chi connectivity index (χ2n) is 8.15. The maximum atomic E-state index is 12.4. The number of fused-ring (bicyclic) bond motifs is 2. The van der Waals surface area contributed by atoms with Gasteiger partial charge in [-0.3, -0.25) is 30.0 Å². The van der Waals surface area contributed by atoms with Gasteiger partial charge in [0.25, 0.3) is 17.4 Å². The zero-order valence-electron chi connectivity index (χ0n) is 16.5. The molecule has 156 valence electrons. The third-order valence-corrected chi connectivity index (χ3v) is 5.06. The summed E-state index contributed by atoms with van der Waals surface area (Å²) in [6.07, 6.45) is -0.113. The molecule has 0 bridgehead atoms. The number of aromatic nitrogens is 1. The van der Waals surface area contributed by atoms with Crippen LogP contribution < -0.4 is 25.9 Å². The first-order valence-corrected chi connectivity index (χ1v) is 9.51. The van der Waals surface area contributed by atoms with E-state index in [4.69, 9.17) is 9.47 Å². The number of carbonyl (C=O) groups is 3. The average Bonchev–Trinajstić information content (AvgIpc) is 2.70. The molecule has 2 aromatic rings. The van der Waals surface area contributed by atoms with Gasteiger partial charge >= 0.3 is 0 Å². The minimum absolute atomic E-state index is 0.0254. The zero-order valence-corrected chi connectivity index (χ0v) is 16.5. The van der Waals surface area contributed by atoms with Gasteiger partial charge in [-0.25, -0.2) is 0 Å². The number of hydrazine groups is 1. The molecule has 2 amide bonds. The average molecular weight is 411 g/mol. The Balaban J connectivity index is 1.44. The number of nitrogens with one attached hydrogen (secondary N) is 3. The van der Waals surface area contributed by atoms with E-state index < -0.39 is 23.5 Å². The predicted octanol–water partition coefficient (Wildman–Crippen LogP) is 1.13. The van der Waals surface area contributed by atoms with E-state index in [0.717, 1.165) is 0 Å². The molecular weight excluding hydrogens is 390 g/mol. The summed E-state index contributed by atoms with van der Waals surface area (Å²) >= 11 is 0. The van der Waals surface area contributed by atoms with Crippen LogP contribution in [0.1, 0.15) is 46.7 Å². The van der Waals surface area contributed by atoms with Gasteiger partial charge in [0, 0.05) is 17.7 Å². The molecule has 3 N–H and O–H groups in total. The minimum atomic E-state index is -0.967. The first-order valence-electron chi connectivity index (χ1n) is 9.51. The Morgan fingerprint density at radius 3 is 2.60 bits per heavy atom. The number of carbonyl (C=O) groups excluding carboxylic acids is 3. The van der Waals surface area contributed by atoms with Crippen molar-refractivity contribution in [3.05, 3.63) is 57.5 Å². The number of ether oxygens (including phenoxy) is 2. The Bertz CT molecular complexity index is 1100.